The van der Waals surface area contributed by atoms with E-state index >= 15 is 0 Å². The molecule has 1 fully saturated rings. The van der Waals surface area contributed by atoms with Gasteiger partial charge in [0.15, 0.2) is 6.29 Å². The average molecular weight is 177 g/mol. The highest BCUT2D eigenvalue weighted by Gasteiger charge is 2.27. The number of pyridine rings is 1. The van der Waals surface area contributed by atoms with Crippen LogP contribution in [0.15, 0.2) is 12.3 Å². The summed E-state index contributed by atoms with van der Waals surface area (Å²) in [5, 5.41) is 0. The monoisotopic (exact) mass is 177 g/mol. The predicted molar refractivity (Wildman–Crippen MR) is 48.2 cm³/mol. The minimum atomic E-state index is 0.506. The first-order valence-corrected chi connectivity index (χ1v) is 4.34. The number of ether oxygens (including phenoxy) is 1. The molecular formula is C10H11NO2. The van der Waals surface area contributed by atoms with Crippen molar-refractivity contribution in [2.45, 2.75) is 18.8 Å². The number of aldehydes is 1. The molecule has 0 radical (unpaired) electrons. The summed E-state index contributed by atoms with van der Waals surface area (Å²) >= 11 is 0. The van der Waals surface area contributed by atoms with Gasteiger partial charge in [0, 0.05) is 11.5 Å². The van der Waals surface area contributed by atoms with Crippen molar-refractivity contribution in [3.63, 3.8) is 0 Å². The minimum absolute atomic E-state index is 0.506. The van der Waals surface area contributed by atoms with Crippen molar-refractivity contribution in [3.8, 4) is 5.75 Å². The fourth-order valence-corrected chi connectivity index (χ4v) is 1.38. The summed E-state index contributed by atoms with van der Waals surface area (Å²) in [6.45, 7) is 0. The Morgan fingerprint density at radius 3 is 2.92 bits per heavy atom. The number of methoxy groups -OCH3 is 1. The first-order chi connectivity index (χ1) is 6.35. The predicted octanol–water partition coefficient (Wildman–Crippen LogP) is 1.78. The molecule has 0 bridgehead atoms. The molecular weight excluding hydrogens is 166 g/mol. The Kier molecular flexibility index (Phi) is 2.00. The summed E-state index contributed by atoms with van der Waals surface area (Å²) in [6, 6.07) is 1.74. The lowest BCUT2D eigenvalue weighted by molar-refractivity contribution is 0.112. The van der Waals surface area contributed by atoms with E-state index in [2.05, 4.69) is 4.98 Å². The maximum Gasteiger partial charge on any atom is 0.152 e. The number of hydrogen-bond donors (Lipinski definition) is 0. The van der Waals surface area contributed by atoms with Crippen LogP contribution in [0.3, 0.4) is 0 Å². The van der Waals surface area contributed by atoms with Crippen molar-refractivity contribution >= 4 is 6.29 Å². The number of rotatable bonds is 3. The second kappa shape index (κ2) is 3.17. The molecule has 68 valence electrons. The fraction of sp³-hybridized carbons (Fsp3) is 0.400. The third-order valence-corrected chi connectivity index (χ3v) is 2.25. The summed E-state index contributed by atoms with van der Waals surface area (Å²) in [5.41, 5.74) is 1.60. The van der Waals surface area contributed by atoms with Crippen molar-refractivity contribution in [1.82, 2.24) is 4.98 Å². The summed E-state index contributed by atoms with van der Waals surface area (Å²) in [5.74, 6) is 1.15. The smallest absolute Gasteiger partial charge is 0.152 e. The quantitative estimate of drug-likeness (QED) is 0.660. The summed E-state index contributed by atoms with van der Waals surface area (Å²) in [6.07, 6.45) is 4.82. The Hall–Kier alpha value is -1.38. The number of nitrogens with zero attached hydrogens (tertiary/aromatic N) is 1. The SMILES string of the molecule is COc1cnc(C2CC2)c(C=O)c1. The Balaban J connectivity index is 2.39. The van der Waals surface area contributed by atoms with Crippen LogP contribution in [-0.4, -0.2) is 18.4 Å². The fourth-order valence-electron chi connectivity index (χ4n) is 1.38. The first kappa shape index (κ1) is 8.23. The number of aromatic nitrogens is 1. The number of carbonyl (C=O) groups excluding carboxylic acids is 1. The molecule has 2 rings (SSSR count). The van der Waals surface area contributed by atoms with Crippen LogP contribution in [0.25, 0.3) is 0 Å². The maximum absolute atomic E-state index is 10.7. The molecule has 1 aliphatic rings. The third-order valence-electron chi connectivity index (χ3n) is 2.25. The first-order valence-electron chi connectivity index (χ1n) is 4.34. The van der Waals surface area contributed by atoms with Crippen molar-refractivity contribution in [3.05, 3.63) is 23.5 Å². The molecule has 0 atom stereocenters. The second-order valence-corrected chi connectivity index (χ2v) is 3.24. The molecule has 0 unspecified atom stereocenters. The Morgan fingerprint density at radius 2 is 2.38 bits per heavy atom. The Bertz CT molecular complexity index is 332. The summed E-state index contributed by atoms with van der Waals surface area (Å²) in [4.78, 5) is 15.0. The maximum atomic E-state index is 10.7. The molecule has 0 amide bonds. The summed E-state index contributed by atoms with van der Waals surface area (Å²) < 4.78 is 4.99. The molecule has 1 aromatic rings. The molecule has 0 N–H and O–H groups in total. The highest BCUT2D eigenvalue weighted by atomic mass is 16.5. The highest BCUT2D eigenvalue weighted by Crippen LogP contribution is 2.40. The molecule has 3 nitrogen and oxygen atoms in total. The van der Waals surface area contributed by atoms with Gasteiger partial charge in [-0.1, -0.05) is 0 Å². The molecule has 13 heavy (non-hydrogen) atoms. The van der Waals surface area contributed by atoms with Crippen LogP contribution in [0, 0.1) is 0 Å². The molecule has 0 spiro atoms. The van der Waals surface area contributed by atoms with E-state index in [1.165, 1.54) is 0 Å². The van der Waals surface area contributed by atoms with Crippen molar-refractivity contribution in [1.29, 1.82) is 0 Å². The van der Waals surface area contributed by atoms with Crippen LogP contribution in [0.5, 0.6) is 5.75 Å². The molecule has 3 heteroatoms. The van der Waals surface area contributed by atoms with Crippen LogP contribution in [-0.2, 0) is 0 Å². The zero-order valence-corrected chi connectivity index (χ0v) is 7.49. The van der Waals surface area contributed by atoms with E-state index < -0.39 is 0 Å². The van der Waals surface area contributed by atoms with Gasteiger partial charge >= 0.3 is 0 Å². The number of hydrogen-bond acceptors (Lipinski definition) is 3. The van der Waals surface area contributed by atoms with E-state index in [1.54, 1.807) is 19.4 Å². The molecule has 1 saturated carbocycles. The van der Waals surface area contributed by atoms with Gasteiger partial charge in [-0.3, -0.25) is 9.78 Å². The van der Waals surface area contributed by atoms with Crippen LogP contribution >= 0.6 is 0 Å². The van der Waals surface area contributed by atoms with Gasteiger partial charge in [-0.2, -0.15) is 0 Å². The largest absolute Gasteiger partial charge is 0.495 e. The van der Waals surface area contributed by atoms with Crippen molar-refractivity contribution < 1.29 is 9.53 Å². The lowest BCUT2D eigenvalue weighted by Gasteiger charge is -2.04. The summed E-state index contributed by atoms with van der Waals surface area (Å²) in [7, 11) is 1.57. The third kappa shape index (κ3) is 1.54. The molecule has 1 heterocycles. The topological polar surface area (TPSA) is 39.2 Å². The van der Waals surface area contributed by atoms with Crippen LogP contribution < -0.4 is 4.74 Å². The van der Waals surface area contributed by atoms with E-state index in [1.807, 2.05) is 0 Å². The van der Waals surface area contributed by atoms with E-state index in [4.69, 9.17) is 4.74 Å². The van der Waals surface area contributed by atoms with Gasteiger partial charge in [0.05, 0.1) is 19.0 Å². The molecule has 0 saturated heterocycles. The van der Waals surface area contributed by atoms with Gasteiger partial charge in [0.1, 0.15) is 5.75 Å². The van der Waals surface area contributed by atoms with E-state index in [-0.39, 0.29) is 0 Å². The average Bonchev–Trinajstić information content (AvgIpc) is 3.00. The van der Waals surface area contributed by atoms with Crippen molar-refractivity contribution in [2.24, 2.45) is 0 Å². The van der Waals surface area contributed by atoms with E-state index in [9.17, 15) is 4.79 Å². The Labute approximate surface area is 76.7 Å². The van der Waals surface area contributed by atoms with Crippen LogP contribution in [0.4, 0.5) is 0 Å². The standard InChI is InChI=1S/C10H11NO2/c1-13-9-4-8(6-12)10(11-5-9)7-2-3-7/h4-7H,2-3H2,1H3. The lowest BCUT2D eigenvalue weighted by atomic mass is 10.1. The van der Waals surface area contributed by atoms with Crippen LogP contribution in [0.1, 0.15) is 34.8 Å². The second-order valence-electron chi connectivity index (χ2n) is 3.24. The van der Waals surface area contributed by atoms with E-state index in [0.717, 1.165) is 24.8 Å². The molecule has 0 aromatic carbocycles. The van der Waals surface area contributed by atoms with Gasteiger partial charge in [0.2, 0.25) is 0 Å². The molecule has 1 aliphatic carbocycles. The molecule has 0 aliphatic heterocycles. The van der Waals surface area contributed by atoms with Gasteiger partial charge < -0.3 is 4.74 Å². The van der Waals surface area contributed by atoms with Gasteiger partial charge in [-0.15, -0.1) is 0 Å². The van der Waals surface area contributed by atoms with Crippen molar-refractivity contribution in [2.75, 3.05) is 7.11 Å². The zero-order chi connectivity index (χ0) is 9.26. The molecule has 1 aromatic heterocycles. The minimum Gasteiger partial charge on any atom is -0.495 e. The Morgan fingerprint density at radius 1 is 1.62 bits per heavy atom. The van der Waals surface area contributed by atoms with Gasteiger partial charge in [0.25, 0.3) is 0 Å². The number of carbonyl (C=O) groups is 1. The van der Waals surface area contributed by atoms with Crippen LogP contribution in [0.2, 0.25) is 0 Å². The lowest BCUT2D eigenvalue weighted by Crippen LogP contribution is -1.96. The van der Waals surface area contributed by atoms with E-state index in [0.29, 0.717) is 17.2 Å². The van der Waals surface area contributed by atoms with Gasteiger partial charge in [-0.05, 0) is 18.9 Å². The zero-order valence-electron chi connectivity index (χ0n) is 7.49. The normalized spacial score (nSPS) is 15.5. The highest BCUT2D eigenvalue weighted by molar-refractivity contribution is 5.77. The van der Waals surface area contributed by atoms with Gasteiger partial charge in [-0.25, -0.2) is 0 Å².